The predicted molar refractivity (Wildman–Crippen MR) is 232 cm³/mol. The van der Waals surface area contributed by atoms with Crippen LogP contribution < -0.4 is 11.0 Å². The molecule has 2 fully saturated rings. The molecule has 2 aromatic rings. The zero-order valence-electron chi connectivity index (χ0n) is 36.5. The molecule has 0 aromatic carbocycles. The van der Waals surface area contributed by atoms with Crippen molar-refractivity contribution in [3.8, 4) is 47.4 Å². The third kappa shape index (κ3) is 11.0. The van der Waals surface area contributed by atoms with Crippen molar-refractivity contribution in [1.82, 2.24) is 39.7 Å². The van der Waals surface area contributed by atoms with Crippen molar-refractivity contribution in [1.29, 1.82) is 0 Å². The van der Waals surface area contributed by atoms with E-state index < -0.39 is 41.0 Å². The fourth-order valence-electron chi connectivity index (χ4n) is 7.67. The van der Waals surface area contributed by atoms with Gasteiger partial charge in [0.1, 0.15) is 0 Å². The average molecular weight is 907 g/mol. The standard InChI is InChI=1S/C22H28N4O5S.C21H26N4O5S/c1-21(9-11-24(3)16-21)8-6-5-7-17-13-18-15-25(20(28)26(18)14-17)12-10-22(2,19(27)23-29)32(4,30)31;1-21(19(26)22-28,31(3,29)30)9-11-24-15-18-12-17(14-25(18)20(24)27)7-5-4-6-16-8-10-23(2)13-16/h13-14,29H,9-12,15-16H2,1-4H3,(H,23,27);12,14,16,28H,8-11,13,15H2,1-3H3,(H,22,26)/t21?,22-;/m1./s1. The van der Waals surface area contributed by atoms with Gasteiger partial charge >= 0.3 is 12.1 Å². The van der Waals surface area contributed by atoms with Gasteiger partial charge in [-0.05, 0) is 109 Å². The summed E-state index contributed by atoms with van der Waals surface area (Å²) in [5.74, 6) is 22.1. The van der Waals surface area contributed by atoms with Crippen LogP contribution in [0.2, 0.25) is 0 Å². The van der Waals surface area contributed by atoms with Crippen molar-refractivity contribution in [3.63, 3.8) is 0 Å². The van der Waals surface area contributed by atoms with E-state index in [2.05, 4.69) is 78.2 Å². The van der Waals surface area contributed by atoms with Crippen LogP contribution in [0.3, 0.4) is 0 Å². The third-order valence-electron chi connectivity index (χ3n) is 12.2. The number of aromatic nitrogens is 2. The SMILES string of the molecule is CN1CCC(C#CC#Cc2cc3n(c2)C(=O)N(CCC(C)(C(=O)NO)S(C)(=O)=O)C3)C1.CN1CCC(C)(C#CC#Cc2cc3n(c2)C(=O)N(CC[C@](C)(C(=O)NO)S(C)(=O)=O)C3)C1. The van der Waals surface area contributed by atoms with Crippen LogP contribution in [-0.4, -0.2) is 155 Å². The molecule has 0 saturated carbocycles. The van der Waals surface area contributed by atoms with Gasteiger partial charge in [0.2, 0.25) is 0 Å². The third-order valence-corrected chi connectivity index (χ3v) is 16.3. The van der Waals surface area contributed by atoms with Gasteiger partial charge < -0.3 is 19.6 Å². The lowest BCUT2D eigenvalue weighted by atomic mass is 9.91. The number of carbonyl (C=O) groups excluding carboxylic acids is 4. The van der Waals surface area contributed by atoms with E-state index >= 15 is 0 Å². The fourth-order valence-corrected chi connectivity index (χ4v) is 9.36. The number of hydrogen-bond donors (Lipinski definition) is 4. The molecule has 4 N–H and O–H groups in total. The van der Waals surface area contributed by atoms with Gasteiger partial charge in [0.25, 0.3) is 11.8 Å². The van der Waals surface area contributed by atoms with Crippen molar-refractivity contribution >= 4 is 43.6 Å². The molecule has 4 atom stereocenters. The maximum Gasteiger partial charge on any atom is 0.328 e. The van der Waals surface area contributed by atoms with Crippen molar-refractivity contribution in [3.05, 3.63) is 47.0 Å². The second-order valence-corrected chi connectivity index (χ2v) is 22.2. The Kier molecular flexibility index (Phi) is 14.6. The van der Waals surface area contributed by atoms with E-state index in [1.165, 1.54) is 43.7 Å². The van der Waals surface area contributed by atoms with E-state index in [-0.39, 0.29) is 56.5 Å². The Hall–Kier alpha value is -5.58. The number of hydrogen-bond acceptors (Lipinski definition) is 12. The molecule has 338 valence electrons. The fraction of sp³-hybridized carbons (Fsp3) is 0.535. The highest BCUT2D eigenvalue weighted by Gasteiger charge is 2.45. The Morgan fingerprint density at radius 3 is 1.63 bits per heavy atom. The van der Waals surface area contributed by atoms with Crippen molar-refractivity contribution in [2.24, 2.45) is 11.3 Å². The summed E-state index contributed by atoms with van der Waals surface area (Å²) >= 11 is 0. The van der Waals surface area contributed by atoms with E-state index in [0.29, 0.717) is 17.0 Å². The molecule has 4 aliphatic heterocycles. The van der Waals surface area contributed by atoms with Crippen LogP contribution in [0, 0.1) is 58.7 Å². The summed E-state index contributed by atoms with van der Waals surface area (Å²) in [6.07, 6.45) is 6.89. The Morgan fingerprint density at radius 1 is 0.778 bits per heavy atom. The zero-order valence-corrected chi connectivity index (χ0v) is 38.2. The first kappa shape index (κ1) is 48.5. The summed E-state index contributed by atoms with van der Waals surface area (Å²) in [5, 5.41) is 17.8. The van der Waals surface area contributed by atoms with Gasteiger partial charge in [-0.25, -0.2) is 37.4 Å². The average Bonchev–Trinajstić information content (AvgIpc) is 4.07. The summed E-state index contributed by atoms with van der Waals surface area (Å²) in [4.78, 5) is 56.6. The first-order chi connectivity index (χ1) is 29.4. The lowest BCUT2D eigenvalue weighted by molar-refractivity contribution is -0.132. The molecule has 4 amide bonds. The number of sulfone groups is 2. The first-order valence-corrected chi connectivity index (χ1v) is 23.9. The molecule has 6 heterocycles. The number of hydroxylamine groups is 2. The normalized spacial score (nSPS) is 21.4. The second kappa shape index (κ2) is 19.0. The zero-order chi connectivity index (χ0) is 46.5. The largest absolute Gasteiger partial charge is 0.328 e. The summed E-state index contributed by atoms with van der Waals surface area (Å²) in [7, 11) is -3.50. The molecule has 2 aromatic heterocycles. The highest BCUT2D eigenvalue weighted by molar-refractivity contribution is 7.93. The molecule has 3 unspecified atom stereocenters. The smallest absolute Gasteiger partial charge is 0.318 e. The minimum Gasteiger partial charge on any atom is -0.318 e. The van der Waals surface area contributed by atoms with Gasteiger partial charge in [-0.3, -0.25) is 29.1 Å². The first-order valence-electron chi connectivity index (χ1n) is 20.1. The monoisotopic (exact) mass is 906 g/mol. The lowest BCUT2D eigenvalue weighted by Gasteiger charge is -2.27. The summed E-state index contributed by atoms with van der Waals surface area (Å²) in [6.45, 7) is 9.17. The van der Waals surface area contributed by atoms with E-state index in [0.717, 1.165) is 62.9 Å². The molecule has 20 heteroatoms. The van der Waals surface area contributed by atoms with Gasteiger partial charge in [-0.15, -0.1) is 0 Å². The Balaban J connectivity index is 0.000000238. The Bertz CT molecular complexity index is 2650. The van der Waals surface area contributed by atoms with Crippen LogP contribution in [-0.2, 0) is 42.4 Å². The Labute approximate surface area is 369 Å². The summed E-state index contributed by atoms with van der Waals surface area (Å²) in [6, 6.07) is 2.96. The molecular formula is C43H54N8O10S2. The number of fused-ring (bicyclic) bond motifs is 2. The van der Waals surface area contributed by atoms with Crippen LogP contribution in [0.15, 0.2) is 24.5 Å². The number of rotatable bonds is 10. The minimum atomic E-state index is -3.82. The van der Waals surface area contributed by atoms with Crippen LogP contribution in [0.1, 0.15) is 69.0 Å². The number of nitrogens with one attached hydrogen (secondary N) is 2. The van der Waals surface area contributed by atoms with Crippen molar-refractivity contribution < 1.29 is 46.4 Å². The van der Waals surface area contributed by atoms with E-state index in [1.807, 2.05) is 0 Å². The molecule has 18 nitrogen and oxygen atoms in total. The van der Waals surface area contributed by atoms with Crippen LogP contribution in [0.25, 0.3) is 0 Å². The van der Waals surface area contributed by atoms with E-state index in [1.54, 1.807) is 24.5 Å². The molecule has 2 saturated heterocycles. The van der Waals surface area contributed by atoms with Gasteiger partial charge in [0.15, 0.2) is 29.2 Å². The minimum absolute atomic E-state index is 0.0387. The quantitative estimate of drug-likeness (QED) is 0.149. The Morgan fingerprint density at radius 2 is 1.25 bits per heavy atom. The molecule has 0 spiro atoms. The van der Waals surface area contributed by atoms with E-state index in [4.69, 9.17) is 10.4 Å². The number of amides is 4. The summed E-state index contributed by atoms with van der Waals surface area (Å²) in [5.41, 5.74) is 5.59. The van der Waals surface area contributed by atoms with Gasteiger partial charge in [0.05, 0.1) is 13.1 Å². The van der Waals surface area contributed by atoms with Crippen LogP contribution in [0.5, 0.6) is 0 Å². The number of nitrogens with zero attached hydrogens (tertiary/aromatic N) is 6. The number of carbonyl (C=O) groups is 4. The number of likely N-dealkylation sites (tertiary alicyclic amines) is 2. The molecule has 63 heavy (non-hydrogen) atoms. The molecule has 4 aliphatic rings. The van der Waals surface area contributed by atoms with Gasteiger partial charge in [-0.2, -0.15) is 0 Å². The molecule has 0 radical (unpaired) electrons. The summed E-state index contributed by atoms with van der Waals surface area (Å²) < 4.78 is 47.6. The molecule has 0 bridgehead atoms. The maximum atomic E-state index is 12.7. The van der Waals surface area contributed by atoms with Crippen LogP contribution in [0.4, 0.5) is 9.59 Å². The van der Waals surface area contributed by atoms with Gasteiger partial charge in [-0.1, -0.05) is 23.7 Å². The second-order valence-electron chi connectivity index (χ2n) is 17.3. The van der Waals surface area contributed by atoms with Crippen molar-refractivity contribution in [2.45, 2.75) is 69.0 Å². The van der Waals surface area contributed by atoms with Crippen molar-refractivity contribution in [2.75, 3.05) is 65.9 Å². The highest BCUT2D eigenvalue weighted by Crippen LogP contribution is 2.29. The predicted octanol–water partition coefficient (Wildman–Crippen LogP) is 0.945. The molecule has 0 aliphatic carbocycles. The van der Waals surface area contributed by atoms with Crippen LogP contribution >= 0.6 is 0 Å². The highest BCUT2D eigenvalue weighted by atomic mass is 32.2. The lowest BCUT2D eigenvalue weighted by Crippen LogP contribution is -2.50. The van der Waals surface area contributed by atoms with E-state index in [9.17, 15) is 36.0 Å². The topological polar surface area (TPSA) is 224 Å². The molecule has 6 rings (SSSR count). The van der Waals surface area contributed by atoms with Gasteiger partial charge in [0, 0.05) is 84.9 Å². The maximum absolute atomic E-state index is 12.7. The molecular weight excluding hydrogens is 853 g/mol.